The lowest BCUT2D eigenvalue weighted by atomic mass is 9.65. The number of benzene rings is 1. The van der Waals surface area contributed by atoms with Crippen molar-refractivity contribution in [3.8, 4) is 5.75 Å². The highest BCUT2D eigenvalue weighted by atomic mass is 35.5. The SMILES string of the molecule is COc1cccc2sc(NC(=O)C3CC4CCCC(C3)C4N)nc12.Cl. The first-order valence-corrected chi connectivity index (χ1v) is 9.47. The van der Waals surface area contributed by atoms with E-state index in [0.717, 1.165) is 28.8 Å². The molecule has 136 valence electrons. The Bertz CT molecular complexity index is 752. The summed E-state index contributed by atoms with van der Waals surface area (Å²) in [6, 6.07) is 6.11. The summed E-state index contributed by atoms with van der Waals surface area (Å²) in [7, 11) is 1.64. The number of hydrogen-bond acceptors (Lipinski definition) is 5. The van der Waals surface area contributed by atoms with Gasteiger partial charge >= 0.3 is 0 Å². The Morgan fingerprint density at radius 1 is 1.32 bits per heavy atom. The van der Waals surface area contributed by atoms with Crippen LogP contribution in [0.3, 0.4) is 0 Å². The number of nitrogens with one attached hydrogen (secondary N) is 1. The third-order valence-electron chi connectivity index (χ3n) is 5.62. The molecule has 2 unspecified atom stereocenters. The third kappa shape index (κ3) is 3.48. The molecule has 1 aromatic carbocycles. The maximum Gasteiger partial charge on any atom is 0.229 e. The lowest BCUT2D eigenvalue weighted by molar-refractivity contribution is -0.122. The van der Waals surface area contributed by atoms with Gasteiger partial charge in [0.1, 0.15) is 11.3 Å². The van der Waals surface area contributed by atoms with Gasteiger partial charge in [-0.05, 0) is 49.7 Å². The molecule has 4 rings (SSSR count). The molecular weight excluding hydrogens is 358 g/mol. The van der Waals surface area contributed by atoms with Gasteiger partial charge in [0, 0.05) is 12.0 Å². The number of halogens is 1. The number of nitrogens with zero attached hydrogens (tertiary/aromatic N) is 1. The van der Waals surface area contributed by atoms with Gasteiger partial charge in [0.15, 0.2) is 5.13 Å². The first-order chi connectivity index (χ1) is 11.7. The number of amides is 1. The molecule has 3 N–H and O–H groups in total. The topological polar surface area (TPSA) is 77.2 Å². The van der Waals surface area contributed by atoms with Crippen molar-refractivity contribution in [3.63, 3.8) is 0 Å². The number of methoxy groups -OCH3 is 1. The third-order valence-corrected chi connectivity index (χ3v) is 6.55. The maximum atomic E-state index is 12.7. The minimum atomic E-state index is 0. The monoisotopic (exact) mass is 381 g/mol. The first kappa shape index (κ1) is 18.4. The normalized spacial score (nSPS) is 28.2. The quantitative estimate of drug-likeness (QED) is 0.847. The second-order valence-electron chi connectivity index (χ2n) is 7.01. The predicted molar refractivity (Wildman–Crippen MR) is 104 cm³/mol. The number of carbonyl (C=O) groups is 1. The molecule has 0 saturated heterocycles. The number of anilines is 1. The van der Waals surface area contributed by atoms with Crippen LogP contribution in [0.2, 0.25) is 0 Å². The minimum absolute atomic E-state index is 0. The van der Waals surface area contributed by atoms with Gasteiger partial charge in [-0.3, -0.25) is 4.79 Å². The molecule has 2 aliphatic carbocycles. The van der Waals surface area contributed by atoms with Crippen molar-refractivity contribution in [2.24, 2.45) is 23.5 Å². The molecule has 1 amide bonds. The van der Waals surface area contributed by atoms with Crippen molar-refractivity contribution in [2.75, 3.05) is 12.4 Å². The number of rotatable bonds is 3. The molecule has 0 aliphatic heterocycles. The summed E-state index contributed by atoms with van der Waals surface area (Å²) < 4.78 is 6.36. The lowest BCUT2D eigenvalue weighted by Crippen LogP contribution is -2.48. The Morgan fingerprint density at radius 3 is 2.72 bits per heavy atom. The summed E-state index contributed by atoms with van der Waals surface area (Å²) in [5, 5.41) is 3.68. The Labute approximate surface area is 157 Å². The fourth-order valence-electron chi connectivity index (χ4n) is 4.35. The molecule has 0 spiro atoms. The zero-order valence-electron chi connectivity index (χ0n) is 14.2. The fraction of sp³-hybridized carbons (Fsp3) is 0.556. The van der Waals surface area contributed by atoms with E-state index in [1.807, 2.05) is 18.2 Å². The number of hydrogen-bond donors (Lipinski definition) is 2. The lowest BCUT2D eigenvalue weighted by Gasteiger charge is -2.43. The maximum absolute atomic E-state index is 12.7. The number of aromatic nitrogens is 1. The molecule has 2 fully saturated rings. The van der Waals surface area contributed by atoms with Crippen LogP contribution in [0.4, 0.5) is 5.13 Å². The van der Waals surface area contributed by atoms with Crippen LogP contribution in [0.15, 0.2) is 18.2 Å². The number of thiazole rings is 1. The minimum Gasteiger partial charge on any atom is -0.494 e. The van der Waals surface area contributed by atoms with Gasteiger partial charge in [0.25, 0.3) is 0 Å². The average molecular weight is 382 g/mol. The van der Waals surface area contributed by atoms with Crippen LogP contribution < -0.4 is 15.8 Å². The van der Waals surface area contributed by atoms with E-state index in [4.69, 9.17) is 10.5 Å². The van der Waals surface area contributed by atoms with Gasteiger partial charge in [-0.1, -0.05) is 23.8 Å². The molecular formula is C18H24ClN3O2S. The van der Waals surface area contributed by atoms with E-state index < -0.39 is 0 Å². The highest BCUT2D eigenvalue weighted by Crippen LogP contribution is 2.42. The van der Waals surface area contributed by atoms with Crippen LogP contribution in [-0.4, -0.2) is 24.0 Å². The van der Waals surface area contributed by atoms with Crippen molar-refractivity contribution >= 4 is 45.0 Å². The molecule has 2 saturated carbocycles. The smallest absolute Gasteiger partial charge is 0.229 e. The summed E-state index contributed by atoms with van der Waals surface area (Å²) in [5.74, 6) is 1.90. The van der Waals surface area contributed by atoms with E-state index in [9.17, 15) is 4.79 Å². The zero-order chi connectivity index (χ0) is 16.7. The standard InChI is InChI=1S/C18H23N3O2S.ClH/c1-23-13-6-3-7-14-16(13)20-18(24-14)21-17(22)12-8-10-4-2-5-11(9-12)15(10)19;/h3,6-7,10-12,15H,2,4-5,8-9,19H2,1H3,(H,20,21,22);1H. The van der Waals surface area contributed by atoms with Gasteiger partial charge in [-0.2, -0.15) is 0 Å². The van der Waals surface area contributed by atoms with E-state index in [1.165, 1.54) is 30.6 Å². The number of ether oxygens (including phenoxy) is 1. The van der Waals surface area contributed by atoms with Crippen LogP contribution in [0, 0.1) is 17.8 Å². The summed E-state index contributed by atoms with van der Waals surface area (Å²) in [4.78, 5) is 17.3. The van der Waals surface area contributed by atoms with Crippen molar-refractivity contribution in [1.82, 2.24) is 4.98 Å². The largest absolute Gasteiger partial charge is 0.494 e. The van der Waals surface area contributed by atoms with Crippen molar-refractivity contribution < 1.29 is 9.53 Å². The van der Waals surface area contributed by atoms with Crippen LogP contribution in [0.25, 0.3) is 10.2 Å². The summed E-state index contributed by atoms with van der Waals surface area (Å²) in [6.45, 7) is 0. The number of nitrogens with two attached hydrogens (primary N) is 1. The van der Waals surface area contributed by atoms with E-state index in [0.29, 0.717) is 17.0 Å². The molecule has 5 nitrogen and oxygen atoms in total. The molecule has 1 heterocycles. The van der Waals surface area contributed by atoms with Crippen LogP contribution in [0.5, 0.6) is 5.75 Å². The van der Waals surface area contributed by atoms with Crippen molar-refractivity contribution in [3.05, 3.63) is 18.2 Å². The summed E-state index contributed by atoms with van der Waals surface area (Å²) >= 11 is 1.49. The van der Waals surface area contributed by atoms with Crippen LogP contribution in [-0.2, 0) is 4.79 Å². The second kappa shape index (κ2) is 7.48. The highest BCUT2D eigenvalue weighted by Gasteiger charge is 2.40. The van der Waals surface area contributed by atoms with Gasteiger partial charge in [0.2, 0.25) is 5.91 Å². The Balaban J connectivity index is 0.00000182. The van der Waals surface area contributed by atoms with E-state index in [2.05, 4.69) is 10.3 Å². The molecule has 2 aliphatic rings. The molecule has 7 heteroatoms. The highest BCUT2D eigenvalue weighted by molar-refractivity contribution is 7.22. The molecule has 25 heavy (non-hydrogen) atoms. The number of fused-ring (bicyclic) bond motifs is 3. The van der Waals surface area contributed by atoms with Crippen LogP contribution in [0.1, 0.15) is 32.1 Å². The van der Waals surface area contributed by atoms with Crippen molar-refractivity contribution in [2.45, 2.75) is 38.1 Å². The molecule has 0 radical (unpaired) electrons. The Kier molecular flexibility index (Phi) is 5.51. The number of para-hydroxylation sites is 1. The Hall–Kier alpha value is -1.37. The van der Waals surface area contributed by atoms with E-state index in [-0.39, 0.29) is 30.3 Å². The van der Waals surface area contributed by atoms with Gasteiger partial charge in [-0.15, -0.1) is 12.4 Å². The van der Waals surface area contributed by atoms with Gasteiger partial charge in [0.05, 0.1) is 11.8 Å². The molecule has 2 bridgehead atoms. The average Bonchev–Trinajstić information content (AvgIpc) is 2.96. The summed E-state index contributed by atoms with van der Waals surface area (Å²) in [5.41, 5.74) is 7.13. The Morgan fingerprint density at radius 2 is 2.04 bits per heavy atom. The number of carbonyl (C=O) groups excluding carboxylic acids is 1. The summed E-state index contributed by atoms with van der Waals surface area (Å²) in [6.07, 6.45) is 5.42. The molecule has 2 atom stereocenters. The van der Waals surface area contributed by atoms with Gasteiger partial charge < -0.3 is 15.8 Å². The fourth-order valence-corrected chi connectivity index (χ4v) is 5.24. The van der Waals surface area contributed by atoms with Gasteiger partial charge in [-0.25, -0.2) is 4.98 Å². The second-order valence-corrected chi connectivity index (χ2v) is 8.04. The first-order valence-electron chi connectivity index (χ1n) is 8.65. The molecule has 2 aromatic rings. The predicted octanol–water partition coefficient (Wildman–Crippen LogP) is 3.82. The van der Waals surface area contributed by atoms with E-state index >= 15 is 0 Å². The van der Waals surface area contributed by atoms with E-state index in [1.54, 1.807) is 7.11 Å². The van der Waals surface area contributed by atoms with Crippen molar-refractivity contribution in [1.29, 1.82) is 0 Å². The van der Waals surface area contributed by atoms with Crippen LogP contribution >= 0.6 is 23.7 Å². The molecule has 1 aromatic heterocycles. The zero-order valence-corrected chi connectivity index (χ0v) is 15.9.